The van der Waals surface area contributed by atoms with Gasteiger partial charge in [0.2, 0.25) is 0 Å². The van der Waals surface area contributed by atoms with E-state index in [1.807, 2.05) is 0 Å². The van der Waals surface area contributed by atoms with Crippen LogP contribution in [0.2, 0.25) is 4.34 Å². The fourth-order valence-corrected chi connectivity index (χ4v) is 3.84. The maximum absolute atomic E-state index is 6.09. The standard InChI is InChI=1S/C12H20BrClN2S/c1-4-5-8(2)16(3)10(7-15)11-6-9(13)12(14)17-11/h6,8,10H,4-5,7,15H2,1-3H3. The van der Waals surface area contributed by atoms with Crippen molar-refractivity contribution < 1.29 is 0 Å². The number of nitrogens with zero attached hydrogens (tertiary/aromatic N) is 1. The molecule has 1 rings (SSSR count). The summed E-state index contributed by atoms with van der Waals surface area (Å²) in [4.78, 5) is 3.58. The molecule has 98 valence electrons. The van der Waals surface area contributed by atoms with E-state index in [2.05, 4.69) is 47.8 Å². The van der Waals surface area contributed by atoms with Crippen molar-refractivity contribution in [1.29, 1.82) is 0 Å². The van der Waals surface area contributed by atoms with Crippen LogP contribution in [0, 0.1) is 0 Å². The van der Waals surface area contributed by atoms with E-state index in [0.717, 1.165) is 8.81 Å². The molecule has 0 fully saturated rings. The van der Waals surface area contributed by atoms with Gasteiger partial charge in [-0.1, -0.05) is 24.9 Å². The molecule has 0 aromatic carbocycles. The third kappa shape index (κ3) is 3.93. The molecule has 1 aromatic heterocycles. The van der Waals surface area contributed by atoms with Crippen LogP contribution in [-0.2, 0) is 0 Å². The first-order chi connectivity index (χ1) is 8.01. The molecule has 2 N–H and O–H groups in total. The van der Waals surface area contributed by atoms with E-state index in [9.17, 15) is 0 Å². The maximum Gasteiger partial charge on any atom is 0.107 e. The van der Waals surface area contributed by atoms with E-state index in [-0.39, 0.29) is 6.04 Å². The number of likely N-dealkylation sites (N-methyl/N-ethyl adjacent to an activating group) is 1. The van der Waals surface area contributed by atoms with Crippen LogP contribution in [0.1, 0.15) is 37.6 Å². The lowest BCUT2D eigenvalue weighted by molar-refractivity contribution is 0.182. The molecular formula is C12H20BrClN2S. The van der Waals surface area contributed by atoms with Gasteiger partial charge in [0.25, 0.3) is 0 Å². The predicted molar refractivity (Wildman–Crippen MR) is 81.0 cm³/mol. The summed E-state index contributed by atoms with van der Waals surface area (Å²) in [6.07, 6.45) is 2.38. The fraction of sp³-hybridized carbons (Fsp3) is 0.667. The quantitative estimate of drug-likeness (QED) is 0.838. The van der Waals surface area contributed by atoms with Gasteiger partial charge in [0.15, 0.2) is 0 Å². The van der Waals surface area contributed by atoms with Gasteiger partial charge in [0.1, 0.15) is 4.34 Å². The molecule has 1 aromatic rings. The smallest absolute Gasteiger partial charge is 0.107 e. The number of rotatable bonds is 6. The summed E-state index contributed by atoms with van der Waals surface area (Å²) in [7, 11) is 2.14. The van der Waals surface area contributed by atoms with Gasteiger partial charge in [0, 0.05) is 21.9 Å². The minimum absolute atomic E-state index is 0.255. The van der Waals surface area contributed by atoms with Crippen molar-refractivity contribution in [3.8, 4) is 0 Å². The van der Waals surface area contributed by atoms with Crippen LogP contribution < -0.4 is 5.73 Å². The van der Waals surface area contributed by atoms with E-state index in [0.29, 0.717) is 12.6 Å². The summed E-state index contributed by atoms with van der Waals surface area (Å²) in [6, 6.07) is 2.87. The molecule has 2 atom stereocenters. The van der Waals surface area contributed by atoms with Crippen LogP contribution in [0.3, 0.4) is 0 Å². The fourth-order valence-electron chi connectivity index (χ4n) is 1.94. The Hall–Kier alpha value is 0.390. The zero-order valence-corrected chi connectivity index (χ0v) is 13.7. The highest BCUT2D eigenvalue weighted by Gasteiger charge is 2.22. The van der Waals surface area contributed by atoms with Gasteiger partial charge in [-0.25, -0.2) is 0 Å². The van der Waals surface area contributed by atoms with Crippen LogP contribution >= 0.6 is 38.9 Å². The van der Waals surface area contributed by atoms with Crippen molar-refractivity contribution in [2.45, 2.75) is 38.8 Å². The Labute approximate surface area is 121 Å². The Bertz CT molecular complexity index is 337. The van der Waals surface area contributed by atoms with Crippen molar-refractivity contribution in [3.05, 3.63) is 19.8 Å². The Morgan fingerprint density at radius 1 is 1.59 bits per heavy atom. The zero-order valence-electron chi connectivity index (χ0n) is 10.5. The maximum atomic E-state index is 6.09. The van der Waals surface area contributed by atoms with Gasteiger partial charge >= 0.3 is 0 Å². The summed E-state index contributed by atoms with van der Waals surface area (Å²) in [5.74, 6) is 0. The van der Waals surface area contributed by atoms with Gasteiger partial charge in [-0.15, -0.1) is 11.3 Å². The molecule has 5 heteroatoms. The first kappa shape index (κ1) is 15.4. The van der Waals surface area contributed by atoms with Gasteiger partial charge in [0.05, 0.1) is 6.04 Å². The highest BCUT2D eigenvalue weighted by atomic mass is 79.9. The Morgan fingerprint density at radius 2 is 2.24 bits per heavy atom. The number of hydrogen-bond acceptors (Lipinski definition) is 3. The molecule has 0 bridgehead atoms. The number of nitrogens with two attached hydrogens (primary N) is 1. The van der Waals surface area contributed by atoms with Crippen LogP contribution in [0.15, 0.2) is 10.5 Å². The van der Waals surface area contributed by atoms with Crippen LogP contribution in [-0.4, -0.2) is 24.5 Å². The summed E-state index contributed by atoms with van der Waals surface area (Å²) in [5.41, 5.74) is 5.91. The topological polar surface area (TPSA) is 29.3 Å². The lowest BCUT2D eigenvalue weighted by atomic mass is 10.1. The van der Waals surface area contributed by atoms with Gasteiger partial charge in [-0.05, 0) is 42.4 Å². The van der Waals surface area contributed by atoms with Crippen molar-refractivity contribution in [2.75, 3.05) is 13.6 Å². The molecule has 17 heavy (non-hydrogen) atoms. The van der Waals surface area contributed by atoms with Crippen LogP contribution in [0.4, 0.5) is 0 Å². The zero-order chi connectivity index (χ0) is 13.0. The predicted octanol–water partition coefficient (Wildman–Crippen LogP) is 4.28. The van der Waals surface area contributed by atoms with E-state index >= 15 is 0 Å². The summed E-state index contributed by atoms with van der Waals surface area (Å²) in [6.45, 7) is 5.07. The van der Waals surface area contributed by atoms with Crippen molar-refractivity contribution in [2.24, 2.45) is 5.73 Å². The molecule has 2 nitrogen and oxygen atoms in total. The van der Waals surface area contributed by atoms with Crippen molar-refractivity contribution in [3.63, 3.8) is 0 Å². The first-order valence-electron chi connectivity index (χ1n) is 5.88. The largest absolute Gasteiger partial charge is 0.329 e. The summed E-state index contributed by atoms with van der Waals surface area (Å²) >= 11 is 11.1. The van der Waals surface area contributed by atoms with E-state index < -0.39 is 0 Å². The minimum atomic E-state index is 0.255. The van der Waals surface area contributed by atoms with Crippen LogP contribution in [0.5, 0.6) is 0 Å². The number of halogens is 2. The Morgan fingerprint density at radius 3 is 2.65 bits per heavy atom. The molecule has 0 saturated heterocycles. The summed E-state index contributed by atoms with van der Waals surface area (Å²) < 4.78 is 1.77. The van der Waals surface area contributed by atoms with Crippen molar-refractivity contribution >= 4 is 38.9 Å². The molecule has 0 aliphatic carbocycles. The molecule has 0 aliphatic heterocycles. The molecule has 0 aliphatic rings. The average Bonchev–Trinajstić information content (AvgIpc) is 2.60. The molecule has 0 saturated carbocycles. The molecule has 1 heterocycles. The van der Waals surface area contributed by atoms with E-state index in [1.54, 1.807) is 11.3 Å². The first-order valence-corrected chi connectivity index (χ1v) is 7.86. The van der Waals surface area contributed by atoms with E-state index in [1.165, 1.54) is 17.7 Å². The molecule has 0 spiro atoms. The third-order valence-corrected chi connectivity index (χ3v) is 5.69. The third-order valence-electron chi connectivity index (χ3n) is 3.11. The Balaban J connectivity index is 2.83. The molecule has 0 amide bonds. The molecule has 2 unspecified atom stereocenters. The Kier molecular flexibility index (Phi) is 6.45. The normalized spacial score (nSPS) is 15.2. The SMILES string of the molecule is CCCC(C)N(C)C(CN)c1cc(Br)c(Cl)s1. The highest BCUT2D eigenvalue weighted by molar-refractivity contribution is 9.10. The lowest BCUT2D eigenvalue weighted by Gasteiger charge is -2.31. The summed E-state index contributed by atoms with van der Waals surface area (Å²) in [5, 5.41) is 0. The molecular weight excluding hydrogens is 320 g/mol. The van der Waals surface area contributed by atoms with Crippen LogP contribution in [0.25, 0.3) is 0 Å². The van der Waals surface area contributed by atoms with Gasteiger partial charge < -0.3 is 5.73 Å². The minimum Gasteiger partial charge on any atom is -0.329 e. The lowest BCUT2D eigenvalue weighted by Crippen LogP contribution is -2.36. The van der Waals surface area contributed by atoms with Crippen molar-refractivity contribution in [1.82, 2.24) is 4.90 Å². The number of thiophene rings is 1. The van der Waals surface area contributed by atoms with E-state index in [4.69, 9.17) is 17.3 Å². The average molecular weight is 340 g/mol. The highest BCUT2D eigenvalue weighted by Crippen LogP contribution is 2.37. The monoisotopic (exact) mass is 338 g/mol. The van der Waals surface area contributed by atoms with Gasteiger partial charge in [-0.3, -0.25) is 4.90 Å². The second kappa shape index (κ2) is 7.10. The second-order valence-electron chi connectivity index (χ2n) is 4.33. The number of hydrogen-bond donors (Lipinski definition) is 1. The van der Waals surface area contributed by atoms with Gasteiger partial charge in [-0.2, -0.15) is 0 Å². The molecule has 0 radical (unpaired) electrons. The second-order valence-corrected chi connectivity index (χ2v) is 6.87.